The van der Waals surface area contributed by atoms with E-state index in [2.05, 4.69) is 64.5 Å². The number of hydrogen-bond donors (Lipinski definition) is 1. The highest BCUT2D eigenvalue weighted by Crippen LogP contribution is 2.30. The lowest BCUT2D eigenvalue weighted by Gasteiger charge is -2.31. The van der Waals surface area contributed by atoms with Crippen LogP contribution in [0.3, 0.4) is 0 Å². The molecule has 0 saturated carbocycles. The van der Waals surface area contributed by atoms with Gasteiger partial charge in [-0.05, 0) is 88.0 Å². The Hall–Kier alpha value is -2.70. The predicted molar refractivity (Wildman–Crippen MR) is 145 cm³/mol. The first-order chi connectivity index (χ1) is 17.6. The zero-order valence-electron chi connectivity index (χ0n) is 21.8. The van der Waals surface area contributed by atoms with Crippen molar-refractivity contribution < 1.29 is 9.21 Å². The molecule has 2 aliphatic heterocycles. The third-order valence-corrected chi connectivity index (χ3v) is 7.94. The van der Waals surface area contributed by atoms with Gasteiger partial charge in [0.25, 0.3) is 0 Å². The molecule has 1 atom stereocenters. The summed E-state index contributed by atoms with van der Waals surface area (Å²) in [4.78, 5) is 22.6. The average Bonchev–Trinajstić information content (AvgIpc) is 3.26. The summed E-state index contributed by atoms with van der Waals surface area (Å²) in [5, 5.41) is 5.55. The van der Waals surface area contributed by atoms with E-state index in [4.69, 9.17) is 9.40 Å². The number of carbonyl (C=O) groups is 1. The summed E-state index contributed by atoms with van der Waals surface area (Å²) in [6.07, 6.45) is 5.52. The molecule has 0 spiro atoms. The van der Waals surface area contributed by atoms with Crippen LogP contribution in [0, 0.1) is 18.8 Å². The van der Waals surface area contributed by atoms with Gasteiger partial charge in [-0.1, -0.05) is 43.3 Å². The maximum Gasteiger partial charge on any atom is 0.227 e. The summed E-state index contributed by atoms with van der Waals surface area (Å²) in [5.41, 5.74) is 2.03. The second kappa shape index (κ2) is 11.6. The Morgan fingerprint density at radius 1 is 1.06 bits per heavy atom. The summed E-state index contributed by atoms with van der Waals surface area (Å²) < 4.78 is 6.11. The number of oxazole rings is 1. The molecule has 2 aromatic carbocycles. The zero-order chi connectivity index (χ0) is 24.9. The lowest BCUT2D eigenvalue weighted by Crippen LogP contribution is -2.41. The predicted octanol–water partition coefficient (Wildman–Crippen LogP) is 5.25. The lowest BCUT2D eigenvalue weighted by molar-refractivity contribution is -0.126. The molecule has 192 valence electrons. The highest BCUT2D eigenvalue weighted by atomic mass is 16.4. The third-order valence-electron chi connectivity index (χ3n) is 7.94. The molecule has 2 saturated heterocycles. The van der Waals surface area contributed by atoms with E-state index >= 15 is 0 Å². The van der Waals surface area contributed by atoms with E-state index in [-0.39, 0.29) is 11.8 Å². The van der Waals surface area contributed by atoms with Gasteiger partial charge in [0.05, 0.1) is 5.69 Å². The second-order valence-corrected chi connectivity index (χ2v) is 10.8. The van der Waals surface area contributed by atoms with Crippen LogP contribution in [-0.2, 0) is 11.3 Å². The minimum Gasteiger partial charge on any atom is -0.441 e. The van der Waals surface area contributed by atoms with Crippen molar-refractivity contribution in [2.75, 3.05) is 39.3 Å². The summed E-state index contributed by atoms with van der Waals surface area (Å²) in [6, 6.07) is 14.6. The number of fused-ring (bicyclic) bond motifs is 1. The van der Waals surface area contributed by atoms with Crippen molar-refractivity contribution >= 4 is 16.7 Å². The van der Waals surface area contributed by atoms with Gasteiger partial charge in [0.15, 0.2) is 0 Å². The minimum absolute atomic E-state index is 0.126. The Kier molecular flexibility index (Phi) is 8.02. The molecule has 1 aromatic heterocycles. The number of aromatic nitrogens is 1. The van der Waals surface area contributed by atoms with Crippen LogP contribution in [0.1, 0.15) is 50.5 Å². The van der Waals surface area contributed by atoms with Gasteiger partial charge in [0.2, 0.25) is 11.8 Å². The van der Waals surface area contributed by atoms with Crippen LogP contribution in [0.2, 0.25) is 0 Å². The number of nitrogens with one attached hydrogen (secondary N) is 1. The van der Waals surface area contributed by atoms with E-state index in [1.54, 1.807) is 0 Å². The van der Waals surface area contributed by atoms with Gasteiger partial charge in [0.1, 0.15) is 5.76 Å². The Morgan fingerprint density at radius 2 is 1.86 bits per heavy atom. The van der Waals surface area contributed by atoms with Crippen LogP contribution in [0.15, 0.2) is 46.9 Å². The number of piperidine rings is 2. The van der Waals surface area contributed by atoms with Crippen LogP contribution in [-0.4, -0.2) is 60.0 Å². The molecule has 3 aromatic rings. The first-order valence-corrected chi connectivity index (χ1v) is 13.7. The van der Waals surface area contributed by atoms with Gasteiger partial charge < -0.3 is 14.6 Å². The quantitative estimate of drug-likeness (QED) is 0.439. The molecule has 36 heavy (non-hydrogen) atoms. The molecule has 6 nitrogen and oxygen atoms in total. The first-order valence-electron chi connectivity index (χ1n) is 13.7. The van der Waals surface area contributed by atoms with E-state index in [1.807, 2.05) is 6.92 Å². The average molecular weight is 489 g/mol. The van der Waals surface area contributed by atoms with Gasteiger partial charge >= 0.3 is 0 Å². The van der Waals surface area contributed by atoms with Gasteiger partial charge in [-0.25, -0.2) is 4.98 Å². The zero-order valence-corrected chi connectivity index (χ0v) is 21.8. The molecule has 0 radical (unpaired) electrons. The number of aryl methyl sites for hydroxylation is 1. The van der Waals surface area contributed by atoms with Crippen LogP contribution < -0.4 is 5.32 Å². The molecule has 0 bridgehead atoms. The molecule has 0 aliphatic carbocycles. The molecule has 6 heteroatoms. The molecular weight excluding hydrogens is 448 g/mol. The van der Waals surface area contributed by atoms with Crippen LogP contribution in [0.4, 0.5) is 0 Å². The summed E-state index contributed by atoms with van der Waals surface area (Å²) in [5.74, 6) is 2.73. The van der Waals surface area contributed by atoms with E-state index in [9.17, 15) is 4.79 Å². The second-order valence-electron chi connectivity index (χ2n) is 10.8. The van der Waals surface area contributed by atoms with Crippen molar-refractivity contribution in [3.8, 4) is 11.5 Å². The fourth-order valence-corrected chi connectivity index (χ4v) is 5.82. The van der Waals surface area contributed by atoms with Gasteiger partial charge in [-0.15, -0.1) is 0 Å². The van der Waals surface area contributed by atoms with E-state index in [0.29, 0.717) is 5.89 Å². The molecular formula is C30H40N4O2. The van der Waals surface area contributed by atoms with Crippen LogP contribution in [0.25, 0.3) is 22.2 Å². The van der Waals surface area contributed by atoms with Crippen molar-refractivity contribution in [2.45, 2.75) is 52.5 Å². The number of hydrogen-bond acceptors (Lipinski definition) is 5. The topological polar surface area (TPSA) is 61.6 Å². The van der Waals surface area contributed by atoms with Gasteiger partial charge in [-0.2, -0.15) is 0 Å². The van der Waals surface area contributed by atoms with Crippen molar-refractivity contribution in [3.63, 3.8) is 0 Å². The highest BCUT2D eigenvalue weighted by Gasteiger charge is 2.26. The standard InChI is InChI=1S/C30H40N4O2/c1-22-8-6-16-33(20-22)17-7-15-31-29(35)25-13-18-34(19-14-25)21-28-23(2)36-30(32-28)27-12-5-10-24-9-3-4-11-26(24)27/h3-5,9-12,22,25H,6-8,13-21H2,1-2H3,(H,31,35)/t22-/m0/s1. The van der Waals surface area contributed by atoms with Crippen molar-refractivity contribution in [2.24, 2.45) is 11.8 Å². The minimum atomic E-state index is 0.126. The molecule has 2 aliphatic rings. The Bertz CT molecular complexity index is 1160. The maximum absolute atomic E-state index is 12.7. The number of likely N-dealkylation sites (tertiary alicyclic amines) is 2. The number of benzene rings is 2. The fraction of sp³-hybridized carbons (Fsp3) is 0.533. The van der Waals surface area contributed by atoms with E-state index in [1.165, 1.54) is 31.3 Å². The summed E-state index contributed by atoms with van der Waals surface area (Å²) >= 11 is 0. The molecule has 1 N–H and O–H groups in total. The normalized spacial score (nSPS) is 20.1. The van der Waals surface area contributed by atoms with E-state index in [0.717, 1.165) is 80.3 Å². The maximum atomic E-state index is 12.7. The SMILES string of the molecule is Cc1oc(-c2cccc3ccccc23)nc1CN1CCC(C(=O)NCCCN2CCC[C@H](C)C2)CC1. The van der Waals surface area contributed by atoms with Crippen LogP contribution in [0.5, 0.6) is 0 Å². The summed E-state index contributed by atoms with van der Waals surface area (Å²) in [6.45, 7) is 11.3. The van der Waals surface area contributed by atoms with Crippen molar-refractivity contribution in [3.05, 3.63) is 53.9 Å². The highest BCUT2D eigenvalue weighted by molar-refractivity contribution is 5.94. The molecule has 3 heterocycles. The Balaban J connectivity index is 1.09. The molecule has 5 rings (SSSR count). The van der Waals surface area contributed by atoms with Crippen LogP contribution >= 0.6 is 0 Å². The molecule has 2 fully saturated rings. The monoisotopic (exact) mass is 488 g/mol. The first kappa shape index (κ1) is 25.0. The lowest BCUT2D eigenvalue weighted by atomic mass is 9.95. The number of rotatable bonds is 8. The largest absolute Gasteiger partial charge is 0.441 e. The number of nitrogens with zero attached hydrogens (tertiary/aromatic N) is 3. The van der Waals surface area contributed by atoms with Crippen molar-refractivity contribution in [1.29, 1.82) is 0 Å². The Morgan fingerprint density at radius 3 is 2.69 bits per heavy atom. The third kappa shape index (κ3) is 5.98. The number of amides is 1. The Labute approximate surface area is 215 Å². The van der Waals surface area contributed by atoms with Gasteiger partial charge in [0, 0.05) is 31.1 Å². The van der Waals surface area contributed by atoms with Gasteiger partial charge in [-0.3, -0.25) is 9.69 Å². The molecule has 1 amide bonds. The van der Waals surface area contributed by atoms with Crippen molar-refractivity contribution in [1.82, 2.24) is 20.1 Å². The smallest absolute Gasteiger partial charge is 0.227 e. The molecule has 0 unspecified atom stereocenters. The van der Waals surface area contributed by atoms with E-state index < -0.39 is 0 Å². The number of carbonyl (C=O) groups excluding carboxylic acids is 1. The fourth-order valence-electron chi connectivity index (χ4n) is 5.82. The summed E-state index contributed by atoms with van der Waals surface area (Å²) in [7, 11) is 0.